The van der Waals surface area contributed by atoms with Gasteiger partial charge >= 0.3 is 0 Å². The third kappa shape index (κ3) is 3.49. The summed E-state index contributed by atoms with van der Waals surface area (Å²) < 4.78 is 0. The minimum atomic E-state index is -0.0805. The molecule has 0 radical (unpaired) electrons. The van der Waals surface area contributed by atoms with E-state index in [1.54, 1.807) is 0 Å². The van der Waals surface area contributed by atoms with Crippen molar-refractivity contribution in [1.82, 2.24) is 0 Å². The molecular weight excluding hydrogens is 276 g/mol. The molecule has 0 aliphatic heterocycles. The Bertz CT molecular complexity index is 608. The quantitative estimate of drug-likeness (QED) is 0.580. The van der Waals surface area contributed by atoms with E-state index in [0.29, 0.717) is 0 Å². The van der Waals surface area contributed by atoms with Crippen molar-refractivity contribution in [3.8, 4) is 0 Å². The third-order valence-corrected chi connectivity index (χ3v) is 5.20. The van der Waals surface area contributed by atoms with Crippen LogP contribution in [0.2, 0.25) is 0 Å². The monoisotopic (exact) mass is 300 g/mol. The van der Waals surface area contributed by atoms with E-state index in [2.05, 4.69) is 77.1 Å². The second-order valence-electron chi connectivity index (χ2n) is 6.57. The van der Waals surface area contributed by atoms with E-state index in [9.17, 15) is 0 Å². The average Bonchev–Trinajstić information content (AvgIpc) is 2.49. The summed E-state index contributed by atoms with van der Waals surface area (Å²) in [6, 6.07) is 15.2. The van der Waals surface area contributed by atoms with Crippen LogP contribution in [0.25, 0.3) is 0 Å². The fourth-order valence-electron chi connectivity index (χ4n) is 2.42. The van der Waals surface area contributed by atoms with Crippen LogP contribution in [0.1, 0.15) is 60.4 Å². The van der Waals surface area contributed by atoms with Crippen molar-refractivity contribution in [1.29, 1.82) is 0 Å². The van der Waals surface area contributed by atoms with E-state index in [-0.39, 0.29) is 10.8 Å². The standard InChI is InChI=1S/C20H25Cl/c1-6-20(4,5)18-11-9-16(10-12-18)19(21)17-8-7-14(2)15(3)13-17/h7-13,19H,6H2,1-5H3. The molecule has 0 heterocycles. The normalized spacial score (nSPS) is 13.2. The molecule has 112 valence electrons. The van der Waals surface area contributed by atoms with Gasteiger partial charge in [0.05, 0.1) is 5.38 Å². The number of rotatable bonds is 4. The Hall–Kier alpha value is -1.27. The summed E-state index contributed by atoms with van der Waals surface area (Å²) in [6.07, 6.45) is 1.13. The lowest BCUT2D eigenvalue weighted by Crippen LogP contribution is -2.15. The highest BCUT2D eigenvalue weighted by atomic mass is 35.5. The lowest BCUT2D eigenvalue weighted by atomic mass is 9.82. The molecule has 0 spiro atoms. The van der Waals surface area contributed by atoms with Gasteiger partial charge in [-0.25, -0.2) is 0 Å². The Morgan fingerprint density at radius 3 is 2.00 bits per heavy atom. The van der Waals surface area contributed by atoms with Crippen LogP contribution in [0.5, 0.6) is 0 Å². The van der Waals surface area contributed by atoms with Crippen molar-refractivity contribution < 1.29 is 0 Å². The van der Waals surface area contributed by atoms with Gasteiger partial charge in [0.15, 0.2) is 0 Å². The van der Waals surface area contributed by atoms with Crippen LogP contribution in [0.4, 0.5) is 0 Å². The summed E-state index contributed by atoms with van der Waals surface area (Å²) in [7, 11) is 0. The van der Waals surface area contributed by atoms with Crippen LogP contribution >= 0.6 is 11.6 Å². The zero-order valence-electron chi connectivity index (χ0n) is 13.7. The molecule has 0 N–H and O–H groups in total. The Kier molecular flexibility index (Phi) is 4.78. The van der Waals surface area contributed by atoms with Gasteiger partial charge in [-0.05, 0) is 53.5 Å². The van der Waals surface area contributed by atoms with E-state index in [1.807, 2.05) is 0 Å². The molecule has 1 unspecified atom stereocenters. The van der Waals surface area contributed by atoms with Crippen molar-refractivity contribution in [2.45, 2.75) is 51.8 Å². The van der Waals surface area contributed by atoms with Gasteiger partial charge in [0.25, 0.3) is 0 Å². The fourth-order valence-corrected chi connectivity index (χ4v) is 2.70. The first-order valence-electron chi connectivity index (χ1n) is 7.67. The van der Waals surface area contributed by atoms with Gasteiger partial charge in [-0.3, -0.25) is 0 Å². The maximum Gasteiger partial charge on any atom is 0.0835 e. The van der Waals surface area contributed by atoms with E-state index in [4.69, 9.17) is 11.6 Å². The van der Waals surface area contributed by atoms with Crippen LogP contribution < -0.4 is 0 Å². The van der Waals surface area contributed by atoms with Crippen LogP contribution in [-0.2, 0) is 5.41 Å². The lowest BCUT2D eigenvalue weighted by molar-refractivity contribution is 0.506. The highest BCUT2D eigenvalue weighted by Crippen LogP contribution is 2.32. The molecule has 0 fully saturated rings. The molecule has 21 heavy (non-hydrogen) atoms. The Labute approximate surface area is 134 Å². The second kappa shape index (κ2) is 6.23. The molecular formula is C20H25Cl. The molecule has 0 aromatic heterocycles. The molecule has 0 saturated heterocycles. The predicted molar refractivity (Wildman–Crippen MR) is 93.4 cm³/mol. The van der Waals surface area contributed by atoms with Gasteiger partial charge in [0.1, 0.15) is 0 Å². The van der Waals surface area contributed by atoms with Crippen molar-refractivity contribution in [3.05, 3.63) is 70.3 Å². The summed E-state index contributed by atoms with van der Waals surface area (Å²) in [5.41, 5.74) is 6.53. The molecule has 0 bridgehead atoms. The minimum absolute atomic E-state index is 0.0805. The van der Waals surface area contributed by atoms with E-state index in [0.717, 1.165) is 12.0 Å². The molecule has 1 atom stereocenters. The molecule has 0 aliphatic carbocycles. The van der Waals surface area contributed by atoms with E-state index < -0.39 is 0 Å². The lowest BCUT2D eigenvalue weighted by Gasteiger charge is -2.24. The second-order valence-corrected chi connectivity index (χ2v) is 7.00. The molecule has 2 aromatic rings. The zero-order chi connectivity index (χ0) is 15.6. The Balaban J connectivity index is 2.27. The van der Waals surface area contributed by atoms with E-state index >= 15 is 0 Å². The average molecular weight is 301 g/mol. The third-order valence-electron chi connectivity index (χ3n) is 4.69. The number of aryl methyl sites for hydroxylation is 2. The first-order chi connectivity index (χ1) is 9.85. The topological polar surface area (TPSA) is 0 Å². The van der Waals surface area contributed by atoms with Gasteiger partial charge in [-0.2, -0.15) is 0 Å². The summed E-state index contributed by atoms with van der Waals surface area (Å²) in [5.74, 6) is 0. The molecule has 1 heteroatoms. The maximum atomic E-state index is 6.66. The number of hydrogen-bond acceptors (Lipinski definition) is 0. The van der Waals surface area contributed by atoms with Crippen LogP contribution in [0, 0.1) is 13.8 Å². The van der Waals surface area contributed by atoms with Gasteiger partial charge < -0.3 is 0 Å². The highest BCUT2D eigenvalue weighted by molar-refractivity contribution is 6.22. The highest BCUT2D eigenvalue weighted by Gasteiger charge is 2.18. The van der Waals surface area contributed by atoms with Gasteiger partial charge in [0.2, 0.25) is 0 Å². The Morgan fingerprint density at radius 2 is 1.48 bits per heavy atom. The first-order valence-corrected chi connectivity index (χ1v) is 8.10. The maximum absolute atomic E-state index is 6.66. The number of alkyl halides is 1. The molecule has 0 nitrogen and oxygen atoms in total. The number of benzene rings is 2. The number of halogens is 1. The van der Waals surface area contributed by atoms with Crippen LogP contribution in [0.15, 0.2) is 42.5 Å². The minimum Gasteiger partial charge on any atom is -0.113 e. The van der Waals surface area contributed by atoms with E-state index in [1.165, 1.54) is 22.3 Å². The number of hydrogen-bond donors (Lipinski definition) is 0. The van der Waals surface area contributed by atoms with Crippen molar-refractivity contribution in [2.75, 3.05) is 0 Å². The smallest absolute Gasteiger partial charge is 0.0835 e. The molecule has 0 aliphatic rings. The van der Waals surface area contributed by atoms with Gasteiger partial charge in [-0.1, -0.05) is 63.2 Å². The van der Waals surface area contributed by atoms with Crippen molar-refractivity contribution in [3.63, 3.8) is 0 Å². The first kappa shape index (κ1) is 16.1. The largest absolute Gasteiger partial charge is 0.113 e. The van der Waals surface area contributed by atoms with Crippen LogP contribution in [-0.4, -0.2) is 0 Å². The molecule has 2 rings (SSSR count). The summed E-state index contributed by atoms with van der Waals surface area (Å²) in [5, 5.41) is -0.0805. The summed E-state index contributed by atoms with van der Waals surface area (Å²) in [6.45, 7) is 11.1. The predicted octanol–water partition coefficient (Wildman–Crippen LogP) is 6.32. The fraction of sp³-hybridized carbons (Fsp3) is 0.400. The molecule has 2 aromatic carbocycles. The summed E-state index contributed by atoms with van der Waals surface area (Å²) in [4.78, 5) is 0. The van der Waals surface area contributed by atoms with Crippen molar-refractivity contribution in [2.24, 2.45) is 0 Å². The van der Waals surface area contributed by atoms with Crippen molar-refractivity contribution >= 4 is 11.6 Å². The van der Waals surface area contributed by atoms with Gasteiger partial charge in [-0.15, -0.1) is 11.6 Å². The van der Waals surface area contributed by atoms with Crippen LogP contribution in [0.3, 0.4) is 0 Å². The molecule has 0 amide bonds. The SMILES string of the molecule is CCC(C)(C)c1ccc(C(Cl)c2ccc(C)c(C)c2)cc1. The summed E-state index contributed by atoms with van der Waals surface area (Å²) >= 11 is 6.66. The molecule has 0 saturated carbocycles. The zero-order valence-corrected chi connectivity index (χ0v) is 14.5. The van der Waals surface area contributed by atoms with Gasteiger partial charge in [0, 0.05) is 0 Å². The Morgan fingerprint density at radius 1 is 0.905 bits per heavy atom.